The van der Waals surface area contributed by atoms with Crippen molar-refractivity contribution < 1.29 is 28.7 Å². The highest BCUT2D eigenvalue weighted by atomic mass is 16.6. The average molecular weight is 600 g/mol. The Morgan fingerprint density at radius 1 is 0.864 bits per heavy atom. The van der Waals surface area contributed by atoms with E-state index in [0.717, 1.165) is 24.0 Å². The molecule has 0 aliphatic heterocycles. The summed E-state index contributed by atoms with van der Waals surface area (Å²) in [6, 6.07) is 23.6. The van der Waals surface area contributed by atoms with Crippen LogP contribution in [0.25, 0.3) is 11.5 Å². The van der Waals surface area contributed by atoms with Crippen molar-refractivity contribution in [1.29, 1.82) is 0 Å². The minimum absolute atomic E-state index is 0.345. The van der Waals surface area contributed by atoms with E-state index in [9.17, 15) is 14.7 Å². The number of rotatable bonds is 17. The van der Waals surface area contributed by atoms with E-state index in [1.165, 1.54) is 42.6 Å². The van der Waals surface area contributed by atoms with Gasteiger partial charge in [-0.05, 0) is 67.3 Å². The number of benzene rings is 3. The molecule has 232 valence electrons. The van der Waals surface area contributed by atoms with E-state index in [1.807, 2.05) is 42.5 Å². The van der Waals surface area contributed by atoms with E-state index < -0.39 is 24.6 Å². The SMILES string of the molecule is CCCCCCCCc1ccc(OC(=O)N(CC(=O)O)[C@@H](C)c2ccc(OCCc3noc(-c4ccccc4)n3)cc2)cc1. The second-order valence-electron chi connectivity index (χ2n) is 10.8. The van der Waals surface area contributed by atoms with Crippen molar-refractivity contribution in [2.75, 3.05) is 13.2 Å². The second kappa shape index (κ2) is 16.8. The summed E-state index contributed by atoms with van der Waals surface area (Å²) < 4.78 is 16.8. The van der Waals surface area contributed by atoms with Crippen LogP contribution in [0.3, 0.4) is 0 Å². The van der Waals surface area contributed by atoms with Gasteiger partial charge >= 0.3 is 12.1 Å². The first-order valence-corrected chi connectivity index (χ1v) is 15.3. The van der Waals surface area contributed by atoms with Crippen LogP contribution < -0.4 is 9.47 Å². The largest absolute Gasteiger partial charge is 0.493 e. The van der Waals surface area contributed by atoms with Crippen molar-refractivity contribution in [2.24, 2.45) is 0 Å². The number of aryl methyl sites for hydroxylation is 1. The fraction of sp³-hybridized carbons (Fsp3) is 0.371. The fourth-order valence-corrected chi connectivity index (χ4v) is 4.83. The smallest absolute Gasteiger partial charge is 0.416 e. The number of carboxylic acid groups (broad SMARTS) is 1. The summed E-state index contributed by atoms with van der Waals surface area (Å²) in [4.78, 5) is 30.3. The second-order valence-corrected chi connectivity index (χ2v) is 10.8. The van der Waals surface area contributed by atoms with E-state index >= 15 is 0 Å². The lowest BCUT2D eigenvalue weighted by atomic mass is 10.0. The van der Waals surface area contributed by atoms with Crippen molar-refractivity contribution in [3.8, 4) is 23.0 Å². The number of ether oxygens (including phenoxy) is 2. The van der Waals surface area contributed by atoms with Crippen LogP contribution in [0, 0.1) is 0 Å². The molecule has 0 aliphatic carbocycles. The Hall–Kier alpha value is -4.66. The van der Waals surface area contributed by atoms with Crippen LogP contribution in [0.1, 0.15) is 75.4 Å². The molecule has 44 heavy (non-hydrogen) atoms. The van der Waals surface area contributed by atoms with Gasteiger partial charge in [-0.25, -0.2) is 4.79 Å². The summed E-state index contributed by atoms with van der Waals surface area (Å²) >= 11 is 0. The van der Waals surface area contributed by atoms with Gasteiger partial charge in [0.1, 0.15) is 18.0 Å². The van der Waals surface area contributed by atoms with E-state index in [2.05, 4.69) is 17.1 Å². The Balaban J connectivity index is 1.27. The van der Waals surface area contributed by atoms with Crippen LogP contribution in [0.15, 0.2) is 83.4 Å². The van der Waals surface area contributed by atoms with Gasteiger partial charge in [0.15, 0.2) is 5.82 Å². The monoisotopic (exact) mass is 599 g/mol. The summed E-state index contributed by atoms with van der Waals surface area (Å²) in [6.07, 6.45) is 8.14. The maximum Gasteiger partial charge on any atom is 0.416 e. The highest BCUT2D eigenvalue weighted by Crippen LogP contribution is 2.25. The topological polar surface area (TPSA) is 115 Å². The molecular weight excluding hydrogens is 558 g/mol. The van der Waals surface area contributed by atoms with Crippen molar-refractivity contribution in [1.82, 2.24) is 15.0 Å². The van der Waals surface area contributed by atoms with Gasteiger partial charge in [0, 0.05) is 12.0 Å². The van der Waals surface area contributed by atoms with Crippen molar-refractivity contribution in [3.63, 3.8) is 0 Å². The van der Waals surface area contributed by atoms with E-state index in [0.29, 0.717) is 36.2 Å². The molecule has 3 aromatic carbocycles. The molecule has 9 heteroatoms. The lowest BCUT2D eigenvalue weighted by Crippen LogP contribution is -2.39. The van der Waals surface area contributed by atoms with Crippen LogP contribution in [-0.2, 0) is 17.6 Å². The highest BCUT2D eigenvalue weighted by molar-refractivity contribution is 5.78. The number of carbonyl (C=O) groups excluding carboxylic acids is 1. The molecule has 9 nitrogen and oxygen atoms in total. The van der Waals surface area contributed by atoms with Crippen LogP contribution in [0.4, 0.5) is 4.79 Å². The first-order valence-electron chi connectivity index (χ1n) is 15.3. The molecule has 1 atom stereocenters. The molecule has 0 unspecified atom stereocenters. The first-order chi connectivity index (χ1) is 21.4. The third-order valence-electron chi connectivity index (χ3n) is 7.40. The van der Waals surface area contributed by atoms with Gasteiger partial charge in [-0.3, -0.25) is 9.69 Å². The predicted molar refractivity (Wildman–Crippen MR) is 168 cm³/mol. The molecule has 4 rings (SSSR count). The Kier molecular flexibility index (Phi) is 12.3. The Morgan fingerprint density at radius 3 is 2.25 bits per heavy atom. The molecule has 0 radical (unpaired) electrons. The molecule has 0 fully saturated rings. The number of hydrogen-bond acceptors (Lipinski definition) is 7. The summed E-state index contributed by atoms with van der Waals surface area (Å²) in [5.74, 6) is 0.889. The van der Waals surface area contributed by atoms with Crippen molar-refractivity contribution in [2.45, 2.75) is 71.3 Å². The molecule has 0 saturated carbocycles. The normalized spacial score (nSPS) is 11.6. The maximum absolute atomic E-state index is 13.1. The Bertz CT molecular complexity index is 1440. The van der Waals surface area contributed by atoms with Crippen LogP contribution in [0.2, 0.25) is 0 Å². The first kappa shape index (κ1) is 32.3. The molecule has 0 saturated heterocycles. The number of aliphatic carboxylic acids is 1. The third kappa shape index (κ3) is 9.97. The van der Waals surface area contributed by atoms with Crippen LogP contribution in [-0.4, -0.2) is 45.4 Å². The molecule has 1 N–H and O–H groups in total. The van der Waals surface area contributed by atoms with Gasteiger partial charge < -0.3 is 19.1 Å². The van der Waals surface area contributed by atoms with E-state index in [-0.39, 0.29) is 0 Å². The van der Waals surface area contributed by atoms with Gasteiger partial charge in [0.25, 0.3) is 5.89 Å². The minimum Gasteiger partial charge on any atom is -0.493 e. The molecule has 0 aliphatic rings. The number of carbonyl (C=O) groups is 2. The van der Waals surface area contributed by atoms with E-state index in [1.54, 1.807) is 43.3 Å². The van der Waals surface area contributed by atoms with Gasteiger partial charge in [-0.2, -0.15) is 4.98 Å². The zero-order chi connectivity index (χ0) is 31.1. The number of amides is 1. The van der Waals surface area contributed by atoms with Gasteiger partial charge in [0.2, 0.25) is 0 Å². The number of aromatic nitrogens is 2. The lowest BCUT2D eigenvalue weighted by Gasteiger charge is -2.27. The van der Waals surface area contributed by atoms with Gasteiger partial charge in [0.05, 0.1) is 12.6 Å². The standard InChI is InChI=1S/C35H41N3O6/c1-3-4-5-6-7-9-12-27-15-19-31(20-16-27)43-35(41)38(25-33(39)40)26(2)28-17-21-30(22-18-28)42-24-23-32-36-34(44-37-32)29-13-10-8-11-14-29/h8,10-11,13-22,26H,3-7,9,12,23-25H2,1-2H3,(H,39,40)/t26-/m0/s1. The molecular formula is C35H41N3O6. The maximum atomic E-state index is 13.1. The fourth-order valence-electron chi connectivity index (χ4n) is 4.83. The molecule has 1 amide bonds. The Morgan fingerprint density at radius 2 is 1.55 bits per heavy atom. The zero-order valence-electron chi connectivity index (χ0n) is 25.5. The lowest BCUT2D eigenvalue weighted by molar-refractivity contribution is -0.138. The Labute approximate surface area is 258 Å². The predicted octanol–water partition coefficient (Wildman–Crippen LogP) is 7.91. The molecule has 0 bridgehead atoms. The van der Waals surface area contributed by atoms with Crippen molar-refractivity contribution in [3.05, 3.63) is 95.8 Å². The average Bonchev–Trinajstić information content (AvgIpc) is 3.52. The van der Waals surface area contributed by atoms with Crippen LogP contribution >= 0.6 is 0 Å². The van der Waals surface area contributed by atoms with Gasteiger partial charge in [-0.1, -0.05) is 86.6 Å². The van der Waals surface area contributed by atoms with E-state index in [4.69, 9.17) is 14.0 Å². The number of unbranched alkanes of at least 4 members (excludes halogenated alkanes) is 5. The zero-order valence-corrected chi connectivity index (χ0v) is 25.5. The van der Waals surface area contributed by atoms with Crippen molar-refractivity contribution >= 4 is 12.1 Å². The van der Waals surface area contributed by atoms with Crippen LogP contribution in [0.5, 0.6) is 11.5 Å². The number of hydrogen-bond donors (Lipinski definition) is 1. The molecule has 1 heterocycles. The molecule has 0 spiro atoms. The number of nitrogens with zero attached hydrogens (tertiary/aromatic N) is 3. The summed E-state index contributed by atoms with van der Waals surface area (Å²) in [5.41, 5.74) is 2.79. The molecule has 1 aromatic heterocycles. The minimum atomic E-state index is -1.13. The third-order valence-corrected chi connectivity index (χ3v) is 7.40. The number of carboxylic acids is 1. The summed E-state index contributed by atoms with van der Waals surface area (Å²) in [5, 5.41) is 13.5. The van der Waals surface area contributed by atoms with Gasteiger partial charge in [-0.15, -0.1) is 0 Å². The molecule has 4 aromatic rings. The highest BCUT2D eigenvalue weighted by Gasteiger charge is 2.26. The summed E-state index contributed by atoms with van der Waals surface area (Å²) in [7, 11) is 0. The summed E-state index contributed by atoms with van der Waals surface area (Å²) in [6.45, 7) is 3.83. The quantitative estimate of drug-likeness (QED) is 0.122.